The van der Waals surface area contributed by atoms with Crippen LogP contribution in [0.25, 0.3) is 0 Å². The molecule has 122 valence electrons. The van der Waals surface area contributed by atoms with Crippen molar-refractivity contribution in [2.45, 2.75) is 33.6 Å². The molecule has 2 bridgehead atoms. The van der Waals surface area contributed by atoms with E-state index in [4.69, 9.17) is 0 Å². The van der Waals surface area contributed by atoms with Crippen LogP contribution in [-0.4, -0.2) is 17.5 Å². The molecule has 2 aliphatic carbocycles. The smallest absolute Gasteiger partial charge is 0.239 e. The first-order chi connectivity index (χ1) is 10.6. The zero-order valence-corrected chi connectivity index (χ0v) is 13.1. The van der Waals surface area contributed by atoms with Gasteiger partial charge >= 0.3 is 0 Å². The Labute approximate surface area is 132 Å². The van der Waals surface area contributed by atoms with Gasteiger partial charge in [-0.25, -0.2) is 8.78 Å². The van der Waals surface area contributed by atoms with Crippen LogP contribution in [0.5, 0.6) is 0 Å². The molecule has 0 aromatic heterocycles. The second-order valence-electron chi connectivity index (χ2n) is 7.10. The van der Waals surface area contributed by atoms with Crippen LogP contribution in [0.15, 0.2) is 18.2 Å². The number of nitrogens with one attached hydrogen (secondary N) is 1. The summed E-state index contributed by atoms with van der Waals surface area (Å²) in [5, 5.41) is 2.31. The first kappa shape index (κ1) is 15.8. The molecule has 1 aromatic carbocycles. The lowest BCUT2D eigenvalue weighted by molar-refractivity contribution is -0.147. The molecular weight excluding hydrogens is 304 g/mol. The van der Waals surface area contributed by atoms with E-state index in [0.717, 1.165) is 18.2 Å². The Hall–Kier alpha value is -2.11. The molecule has 1 amide bonds. The van der Waals surface area contributed by atoms with Crippen LogP contribution in [0.3, 0.4) is 0 Å². The van der Waals surface area contributed by atoms with Crippen molar-refractivity contribution in [1.29, 1.82) is 0 Å². The van der Waals surface area contributed by atoms with Gasteiger partial charge in [-0.05, 0) is 30.4 Å². The van der Waals surface area contributed by atoms with Gasteiger partial charge in [0.1, 0.15) is 17.0 Å². The van der Waals surface area contributed by atoms with E-state index in [1.165, 1.54) is 0 Å². The Morgan fingerprint density at radius 2 is 1.74 bits per heavy atom. The number of amides is 1. The third kappa shape index (κ3) is 1.66. The number of carbonyl (C=O) groups is 3. The lowest BCUT2D eigenvalue weighted by Gasteiger charge is -2.37. The molecule has 2 saturated carbocycles. The monoisotopic (exact) mass is 321 g/mol. The van der Waals surface area contributed by atoms with E-state index in [9.17, 15) is 23.2 Å². The van der Waals surface area contributed by atoms with Crippen LogP contribution in [-0.2, 0) is 14.4 Å². The Morgan fingerprint density at radius 3 is 2.30 bits per heavy atom. The average molecular weight is 321 g/mol. The highest BCUT2D eigenvalue weighted by molar-refractivity contribution is 6.49. The minimum atomic E-state index is -1.53. The Bertz CT molecular complexity index is 758. The lowest BCUT2D eigenvalue weighted by atomic mass is 9.64. The Kier molecular flexibility index (Phi) is 3.06. The molecule has 4 nitrogen and oxygen atoms in total. The van der Waals surface area contributed by atoms with Crippen molar-refractivity contribution in [2.24, 2.45) is 16.2 Å². The van der Waals surface area contributed by atoms with E-state index in [-0.39, 0.29) is 12.1 Å². The van der Waals surface area contributed by atoms with Crippen molar-refractivity contribution in [3.63, 3.8) is 0 Å². The second-order valence-corrected chi connectivity index (χ2v) is 7.10. The number of rotatable bonds is 2. The molecule has 6 heteroatoms. The molecule has 0 radical (unpaired) electrons. The van der Waals surface area contributed by atoms with Gasteiger partial charge in [-0.3, -0.25) is 14.4 Å². The zero-order valence-electron chi connectivity index (χ0n) is 13.1. The average Bonchev–Trinajstić information content (AvgIpc) is 2.75. The third-order valence-corrected chi connectivity index (χ3v) is 6.11. The summed E-state index contributed by atoms with van der Waals surface area (Å²) < 4.78 is 27.0. The molecule has 23 heavy (non-hydrogen) atoms. The molecule has 2 atom stereocenters. The fraction of sp³-hybridized carbons (Fsp3) is 0.471. The number of benzene rings is 1. The number of carbonyl (C=O) groups excluding carboxylic acids is 3. The summed E-state index contributed by atoms with van der Waals surface area (Å²) in [6, 6.07) is 2.69. The number of hydrogen-bond acceptors (Lipinski definition) is 3. The van der Waals surface area contributed by atoms with Crippen molar-refractivity contribution >= 4 is 23.2 Å². The maximum atomic E-state index is 13.8. The van der Waals surface area contributed by atoms with Gasteiger partial charge in [-0.15, -0.1) is 0 Å². The van der Waals surface area contributed by atoms with Crippen LogP contribution in [0, 0.1) is 27.9 Å². The van der Waals surface area contributed by atoms with Crippen LogP contribution in [0.4, 0.5) is 14.5 Å². The molecule has 0 spiro atoms. The molecule has 0 aliphatic heterocycles. The highest BCUT2D eigenvalue weighted by Crippen LogP contribution is 2.69. The third-order valence-electron chi connectivity index (χ3n) is 6.11. The van der Waals surface area contributed by atoms with Crippen LogP contribution < -0.4 is 5.32 Å². The second kappa shape index (κ2) is 4.46. The Morgan fingerprint density at radius 1 is 1.09 bits per heavy atom. The van der Waals surface area contributed by atoms with E-state index in [0.29, 0.717) is 6.42 Å². The SMILES string of the molecule is CC1(C)[C@]2(C(=O)Nc3cc(F)ccc3F)CC[C@]1(C)C(=O)C2=O. The number of halogens is 2. The maximum Gasteiger partial charge on any atom is 0.239 e. The number of ketones is 2. The minimum absolute atomic E-state index is 0.226. The molecule has 1 N–H and O–H groups in total. The van der Waals surface area contributed by atoms with Crippen molar-refractivity contribution in [2.75, 3.05) is 5.32 Å². The van der Waals surface area contributed by atoms with E-state index < -0.39 is 45.4 Å². The van der Waals surface area contributed by atoms with Crippen molar-refractivity contribution in [3.05, 3.63) is 29.8 Å². The van der Waals surface area contributed by atoms with Gasteiger partial charge in [0.25, 0.3) is 0 Å². The maximum absolute atomic E-state index is 13.8. The van der Waals surface area contributed by atoms with Gasteiger partial charge in [0.15, 0.2) is 0 Å². The number of hydrogen-bond donors (Lipinski definition) is 1. The Balaban J connectivity index is 2.04. The van der Waals surface area contributed by atoms with E-state index in [2.05, 4.69) is 5.32 Å². The first-order valence-electron chi connectivity index (χ1n) is 7.44. The van der Waals surface area contributed by atoms with Crippen molar-refractivity contribution in [3.8, 4) is 0 Å². The number of Topliss-reactive ketones (excluding diaryl/α,β-unsaturated/α-hetero) is 2. The largest absolute Gasteiger partial charge is 0.323 e. The summed E-state index contributed by atoms with van der Waals surface area (Å²) in [7, 11) is 0. The molecule has 3 rings (SSSR count). The molecular formula is C17H17F2NO3. The quantitative estimate of drug-likeness (QED) is 0.673. The van der Waals surface area contributed by atoms with Crippen LogP contribution in [0.2, 0.25) is 0 Å². The van der Waals surface area contributed by atoms with Gasteiger partial charge in [-0.2, -0.15) is 0 Å². The first-order valence-corrected chi connectivity index (χ1v) is 7.44. The summed E-state index contributed by atoms with van der Waals surface area (Å²) in [5.41, 5.74) is -3.65. The molecule has 0 saturated heterocycles. The molecule has 1 aromatic rings. The standard InChI is InChI=1S/C17H17F2NO3/c1-15(2)16(3)6-7-17(15,13(22)12(16)21)14(23)20-11-8-9(18)4-5-10(11)19/h4-5,8H,6-7H2,1-3H3,(H,20,23)/t16-,17-/m1/s1. The number of fused-ring (bicyclic) bond motifs is 2. The van der Waals surface area contributed by atoms with Crippen molar-refractivity contribution < 1.29 is 23.2 Å². The molecule has 0 heterocycles. The van der Waals surface area contributed by atoms with Gasteiger partial charge in [0, 0.05) is 11.5 Å². The van der Waals surface area contributed by atoms with Gasteiger partial charge in [-0.1, -0.05) is 20.8 Å². The summed E-state index contributed by atoms with van der Waals surface area (Å²) in [6.07, 6.45) is 0.646. The van der Waals surface area contributed by atoms with E-state index >= 15 is 0 Å². The topological polar surface area (TPSA) is 63.2 Å². The minimum Gasteiger partial charge on any atom is -0.323 e. The highest BCUT2D eigenvalue weighted by atomic mass is 19.1. The molecule has 0 unspecified atom stereocenters. The molecule has 2 aliphatic rings. The predicted molar refractivity (Wildman–Crippen MR) is 78.6 cm³/mol. The summed E-state index contributed by atoms with van der Waals surface area (Å²) >= 11 is 0. The predicted octanol–water partition coefficient (Wildman–Crippen LogP) is 2.87. The number of anilines is 1. The summed E-state index contributed by atoms with van der Waals surface area (Å²) in [5.74, 6) is -3.53. The van der Waals surface area contributed by atoms with Crippen LogP contribution >= 0.6 is 0 Å². The fourth-order valence-electron chi connectivity index (χ4n) is 4.10. The van der Waals surface area contributed by atoms with Gasteiger partial charge < -0.3 is 5.32 Å². The van der Waals surface area contributed by atoms with E-state index in [1.807, 2.05) is 0 Å². The molecule has 2 fully saturated rings. The summed E-state index contributed by atoms with van der Waals surface area (Å²) in [4.78, 5) is 37.6. The highest BCUT2D eigenvalue weighted by Gasteiger charge is 2.77. The lowest BCUT2D eigenvalue weighted by Crippen LogP contribution is -2.47. The van der Waals surface area contributed by atoms with E-state index in [1.54, 1.807) is 20.8 Å². The van der Waals surface area contributed by atoms with Gasteiger partial charge in [0.05, 0.1) is 5.69 Å². The fourth-order valence-corrected chi connectivity index (χ4v) is 4.10. The zero-order chi connectivity index (χ0) is 17.2. The van der Waals surface area contributed by atoms with Gasteiger partial charge in [0.2, 0.25) is 17.5 Å². The van der Waals surface area contributed by atoms with Crippen molar-refractivity contribution in [1.82, 2.24) is 0 Å². The summed E-state index contributed by atoms with van der Waals surface area (Å²) in [6.45, 7) is 5.12. The van der Waals surface area contributed by atoms with Crippen LogP contribution in [0.1, 0.15) is 33.6 Å². The normalized spacial score (nSPS) is 31.5.